The van der Waals surface area contributed by atoms with E-state index in [2.05, 4.69) is 0 Å². The van der Waals surface area contributed by atoms with Gasteiger partial charge in [0.05, 0.1) is 18.1 Å². The SMILES string of the molecule is O=C(/C=C/c1ccc(S(=O)(=O)N2CCOCC2)cc1)N(Cc1ccccc1)CC1CCC1. The van der Waals surface area contributed by atoms with E-state index in [0.717, 1.165) is 17.7 Å². The third-order valence-electron chi connectivity index (χ3n) is 6.14. The Kier molecular flexibility index (Phi) is 7.40. The lowest BCUT2D eigenvalue weighted by atomic mass is 9.85. The Labute approximate surface area is 190 Å². The molecule has 0 atom stereocenters. The van der Waals surface area contributed by atoms with Crippen LogP contribution in [0.4, 0.5) is 0 Å². The van der Waals surface area contributed by atoms with Gasteiger partial charge in [-0.25, -0.2) is 8.42 Å². The highest BCUT2D eigenvalue weighted by Crippen LogP contribution is 2.28. The molecular formula is C25H30N2O4S. The number of carbonyl (C=O) groups is 1. The molecule has 0 unspecified atom stereocenters. The Morgan fingerprint density at radius 2 is 1.72 bits per heavy atom. The van der Waals surface area contributed by atoms with E-state index in [1.807, 2.05) is 35.2 Å². The van der Waals surface area contributed by atoms with Crippen LogP contribution in [0.3, 0.4) is 0 Å². The summed E-state index contributed by atoms with van der Waals surface area (Å²) in [6, 6.07) is 16.7. The second kappa shape index (κ2) is 10.4. The Morgan fingerprint density at radius 3 is 2.34 bits per heavy atom. The van der Waals surface area contributed by atoms with Crippen molar-refractivity contribution in [3.05, 3.63) is 71.8 Å². The molecule has 2 fully saturated rings. The minimum Gasteiger partial charge on any atom is -0.379 e. The average Bonchev–Trinajstić information content (AvgIpc) is 2.80. The van der Waals surface area contributed by atoms with Gasteiger partial charge < -0.3 is 9.64 Å². The van der Waals surface area contributed by atoms with E-state index in [-0.39, 0.29) is 10.8 Å². The first-order valence-corrected chi connectivity index (χ1v) is 12.7. The summed E-state index contributed by atoms with van der Waals surface area (Å²) < 4.78 is 32.2. The van der Waals surface area contributed by atoms with Crippen LogP contribution < -0.4 is 0 Å². The van der Waals surface area contributed by atoms with Crippen molar-refractivity contribution in [1.29, 1.82) is 0 Å². The van der Waals surface area contributed by atoms with E-state index in [1.165, 1.54) is 23.6 Å². The molecule has 1 aliphatic heterocycles. The summed E-state index contributed by atoms with van der Waals surface area (Å²) in [5.74, 6) is 0.562. The zero-order valence-electron chi connectivity index (χ0n) is 18.2. The lowest BCUT2D eigenvalue weighted by molar-refractivity contribution is -0.127. The molecule has 1 saturated heterocycles. The van der Waals surface area contributed by atoms with Crippen LogP contribution in [0.5, 0.6) is 0 Å². The average molecular weight is 455 g/mol. The molecule has 1 heterocycles. The predicted molar refractivity (Wildman–Crippen MR) is 124 cm³/mol. The largest absolute Gasteiger partial charge is 0.379 e. The highest BCUT2D eigenvalue weighted by Gasteiger charge is 2.26. The Balaban J connectivity index is 1.42. The van der Waals surface area contributed by atoms with Gasteiger partial charge in [-0.05, 0) is 48.1 Å². The molecule has 4 rings (SSSR count). The molecule has 0 bridgehead atoms. The van der Waals surface area contributed by atoms with Crippen molar-refractivity contribution >= 4 is 22.0 Å². The van der Waals surface area contributed by atoms with Crippen molar-refractivity contribution < 1.29 is 17.9 Å². The number of morpholine rings is 1. The number of hydrogen-bond donors (Lipinski definition) is 0. The normalized spacial score (nSPS) is 17.9. The maximum Gasteiger partial charge on any atom is 0.246 e. The van der Waals surface area contributed by atoms with Gasteiger partial charge in [0.15, 0.2) is 0 Å². The highest BCUT2D eigenvalue weighted by atomic mass is 32.2. The molecule has 1 amide bonds. The summed E-state index contributed by atoms with van der Waals surface area (Å²) >= 11 is 0. The fraction of sp³-hybridized carbons (Fsp3) is 0.400. The van der Waals surface area contributed by atoms with Crippen LogP contribution >= 0.6 is 0 Å². The number of nitrogens with zero attached hydrogens (tertiary/aromatic N) is 2. The Bertz CT molecular complexity index is 1030. The molecule has 1 saturated carbocycles. The Hall–Kier alpha value is -2.48. The van der Waals surface area contributed by atoms with Gasteiger partial charge in [0.2, 0.25) is 15.9 Å². The molecule has 2 aromatic rings. The quantitative estimate of drug-likeness (QED) is 0.572. The number of carbonyl (C=O) groups excluding carboxylic acids is 1. The van der Waals surface area contributed by atoms with Gasteiger partial charge in [-0.3, -0.25) is 4.79 Å². The van der Waals surface area contributed by atoms with E-state index in [9.17, 15) is 13.2 Å². The molecule has 1 aliphatic carbocycles. The molecule has 7 heteroatoms. The van der Waals surface area contributed by atoms with Crippen LogP contribution in [0.2, 0.25) is 0 Å². The fourth-order valence-electron chi connectivity index (χ4n) is 3.98. The number of ether oxygens (including phenoxy) is 1. The summed E-state index contributed by atoms with van der Waals surface area (Å²) in [6.07, 6.45) is 6.95. The number of rotatable bonds is 8. The van der Waals surface area contributed by atoms with Crippen LogP contribution in [0, 0.1) is 5.92 Å². The van der Waals surface area contributed by atoms with Gasteiger partial charge in [-0.15, -0.1) is 0 Å². The number of sulfonamides is 1. The zero-order chi connectivity index (χ0) is 22.4. The maximum absolute atomic E-state index is 13.0. The van der Waals surface area contributed by atoms with E-state index in [0.29, 0.717) is 38.8 Å². The van der Waals surface area contributed by atoms with Gasteiger partial charge in [0, 0.05) is 32.3 Å². The number of hydrogen-bond acceptors (Lipinski definition) is 4. The molecule has 0 spiro atoms. The van der Waals surface area contributed by atoms with Crippen molar-refractivity contribution in [3.8, 4) is 0 Å². The first kappa shape index (κ1) is 22.7. The lowest BCUT2D eigenvalue weighted by Gasteiger charge is -2.32. The van der Waals surface area contributed by atoms with Gasteiger partial charge >= 0.3 is 0 Å². The van der Waals surface area contributed by atoms with Gasteiger partial charge in [-0.2, -0.15) is 4.31 Å². The predicted octanol–water partition coefficient (Wildman–Crippen LogP) is 3.55. The van der Waals surface area contributed by atoms with Crippen LogP contribution in [-0.4, -0.2) is 56.4 Å². The van der Waals surface area contributed by atoms with Crippen molar-refractivity contribution in [2.45, 2.75) is 30.7 Å². The minimum atomic E-state index is -3.51. The smallest absolute Gasteiger partial charge is 0.246 e. The summed E-state index contributed by atoms with van der Waals surface area (Å²) in [6.45, 7) is 2.95. The van der Waals surface area contributed by atoms with Gasteiger partial charge in [-0.1, -0.05) is 48.9 Å². The van der Waals surface area contributed by atoms with Crippen LogP contribution in [0.25, 0.3) is 6.08 Å². The zero-order valence-corrected chi connectivity index (χ0v) is 19.0. The van der Waals surface area contributed by atoms with Gasteiger partial charge in [0.1, 0.15) is 0 Å². The topological polar surface area (TPSA) is 66.9 Å². The van der Waals surface area contributed by atoms with Crippen molar-refractivity contribution in [1.82, 2.24) is 9.21 Å². The monoisotopic (exact) mass is 454 g/mol. The first-order valence-electron chi connectivity index (χ1n) is 11.2. The molecule has 170 valence electrons. The number of benzene rings is 2. The first-order chi connectivity index (χ1) is 15.5. The van der Waals surface area contributed by atoms with Gasteiger partial charge in [0.25, 0.3) is 0 Å². The van der Waals surface area contributed by atoms with Crippen LogP contribution in [0.15, 0.2) is 65.6 Å². The fourth-order valence-corrected chi connectivity index (χ4v) is 5.39. The summed E-state index contributed by atoms with van der Waals surface area (Å²) in [5, 5.41) is 0. The number of amides is 1. The van der Waals surface area contributed by atoms with Crippen LogP contribution in [0.1, 0.15) is 30.4 Å². The van der Waals surface area contributed by atoms with E-state index in [4.69, 9.17) is 4.74 Å². The maximum atomic E-state index is 13.0. The van der Waals surface area contributed by atoms with Crippen LogP contribution in [-0.2, 0) is 26.1 Å². The second-order valence-corrected chi connectivity index (χ2v) is 10.4. The molecule has 32 heavy (non-hydrogen) atoms. The minimum absolute atomic E-state index is 0.0224. The molecule has 6 nitrogen and oxygen atoms in total. The van der Waals surface area contributed by atoms with E-state index >= 15 is 0 Å². The molecular weight excluding hydrogens is 424 g/mol. The summed E-state index contributed by atoms with van der Waals surface area (Å²) in [7, 11) is -3.51. The van der Waals surface area contributed by atoms with Crippen molar-refractivity contribution in [2.75, 3.05) is 32.8 Å². The highest BCUT2D eigenvalue weighted by molar-refractivity contribution is 7.89. The molecule has 0 radical (unpaired) electrons. The summed E-state index contributed by atoms with van der Waals surface area (Å²) in [5.41, 5.74) is 1.91. The standard InChI is InChI=1S/C25H30N2O4S/c28-25(26(20-23-7-4-8-23)19-22-5-2-1-3-6-22)14-11-21-9-12-24(13-10-21)32(29,30)27-15-17-31-18-16-27/h1-3,5-6,9-14,23H,4,7-8,15-20H2/b14-11+. The molecule has 2 aliphatic rings. The van der Waals surface area contributed by atoms with Crippen molar-refractivity contribution in [3.63, 3.8) is 0 Å². The third kappa shape index (κ3) is 5.65. The molecule has 0 aromatic heterocycles. The lowest BCUT2D eigenvalue weighted by Crippen LogP contribution is -2.40. The van der Waals surface area contributed by atoms with E-state index < -0.39 is 10.0 Å². The molecule has 0 N–H and O–H groups in total. The molecule has 2 aromatic carbocycles. The summed E-state index contributed by atoms with van der Waals surface area (Å²) in [4.78, 5) is 15.1. The third-order valence-corrected chi connectivity index (χ3v) is 8.05. The Morgan fingerprint density at radius 1 is 1.03 bits per heavy atom. The second-order valence-electron chi connectivity index (χ2n) is 8.42. The van der Waals surface area contributed by atoms with Crippen molar-refractivity contribution in [2.24, 2.45) is 5.92 Å². The van der Waals surface area contributed by atoms with E-state index in [1.54, 1.807) is 36.4 Å².